The maximum atomic E-state index is 12.2. The minimum Gasteiger partial charge on any atom is -0.444 e. The third kappa shape index (κ3) is 4.16. The molecule has 0 aromatic heterocycles. The van der Waals surface area contributed by atoms with E-state index in [1.165, 1.54) is 6.42 Å². The van der Waals surface area contributed by atoms with Gasteiger partial charge in [0.25, 0.3) is 0 Å². The SMILES string of the molecule is CC[C@H](NC)[C@H]1CCCCN1C(=O)OC(C)(C)C. The molecule has 0 radical (unpaired) electrons. The van der Waals surface area contributed by atoms with E-state index in [-0.39, 0.29) is 12.1 Å². The van der Waals surface area contributed by atoms with E-state index in [2.05, 4.69) is 12.2 Å². The highest BCUT2D eigenvalue weighted by molar-refractivity contribution is 5.68. The number of likely N-dealkylation sites (N-methyl/N-ethyl adjacent to an activating group) is 1. The Morgan fingerprint density at radius 1 is 1.44 bits per heavy atom. The van der Waals surface area contributed by atoms with Crippen LogP contribution in [0.15, 0.2) is 0 Å². The van der Waals surface area contributed by atoms with Gasteiger partial charge in [0.1, 0.15) is 5.60 Å². The lowest BCUT2D eigenvalue weighted by Crippen LogP contribution is -2.54. The molecule has 4 heteroatoms. The van der Waals surface area contributed by atoms with Gasteiger partial charge in [0, 0.05) is 12.6 Å². The van der Waals surface area contributed by atoms with Crippen LogP contribution in [-0.4, -0.2) is 42.3 Å². The molecule has 1 fully saturated rings. The quantitative estimate of drug-likeness (QED) is 0.844. The zero-order valence-electron chi connectivity index (χ0n) is 12.5. The largest absolute Gasteiger partial charge is 0.444 e. The lowest BCUT2D eigenvalue weighted by atomic mass is 9.94. The minimum absolute atomic E-state index is 0.166. The van der Waals surface area contributed by atoms with Crippen LogP contribution >= 0.6 is 0 Å². The number of ether oxygens (including phenoxy) is 1. The third-order valence-corrected chi connectivity index (χ3v) is 3.45. The van der Waals surface area contributed by atoms with E-state index >= 15 is 0 Å². The first-order chi connectivity index (χ1) is 8.39. The highest BCUT2D eigenvalue weighted by Gasteiger charge is 2.33. The van der Waals surface area contributed by atoms with Gasteiger partial charge in [0.2, 0.25) is 0 Å². The van der Waals surface area contributed by atoms with Crippen LogP contribution in [0, 0.1) is 0 Å². The molecule has 4 nitrogen and oxygen atoms in total. The van der Waals surface area contributed by atoms with Gasteiger partial charge in [-0.2, -0.15) is 0 Å². The number of likely N-dealkylation sites (tertiary alicyclic amines) is 1. The molecule has 1 aliphatic rings. The Morgan fingerprint density at radius 2 is 2.11 bits per heavy atom. The van der Waals surface area contributed by atoms with Crippen LogP contribution < -0.4 is 5.32 Å². The molecule has 2 atom stereocenters. The van der Waals surface area contributed by atoms with Crippen molar-refractivity contribution >= 4 is 6.09 Å². The molecule has 0 aromatic carbocycles. The maximum absolute atomic E-state index is 12.2. The van der Waals surface area contributed by atoms with Crippen molar-refractivity contribution in [2.75, 3.05) is 13.6 Å². The van der Waals surface area contributed by atoms with Gasteiger partial charge in [0.05, 0.1) is 6.04 Å². The topological polar surface area (TPSA) is 41.6 Å². The summed E-state index contributed by atoms with van der Waals surface area (Å²) in [6.45, 7) is 8.72. The van der Waals surface area contributed by atoms with E-state index in [0.717, 1.165) is 25.8 Å². The van der Waals surface area contributed by atoms with Gasteiger partial charge in [-0.25, -0.2) is 4.79 Å². The monoisotopic (exact) mass is 256 g/mol. The van der Waals surface area contributed by atoms with E-state index in [4.69, 9.17) is 4.74 Å². The fourth-order valence-electron chi connectivity index (χ4n) is 2.59. The van der Waals surface area contributed by atoms with Crippen LogP contribution in [0.25, 0.3) is 0 Å². The molecule has 0 unspecified atom stereocenters. The molecule has 1 aliphatic heterocycles. The smallest absolute Gasteiger partial charge is 0.410 e. The van der Waals surface area contributed by atoms with Gasteiger partial charge in [-0.15, -0.1) is 0 Å². The number of nitrogens with zero attached hydrogens (tertiary/aromatic N) is 1. The van der Waals surface area contributed by atoms with Crippen LogP contribution in [0.4, 0.5) is 4.79 Å². The Morgan fingerprint density at radius 3 is 2.61 bits per heavy atom. The molecule has 0 spiro atoms. The summed E-state index contributed by atoms with van der Waals surface area (Å²) >= 11 is 0. The number of amides is 1. The van der Waals surface area contributed by atoms with Crippen LogP contribution in [0.2, 0.25) is 0 Å². The summed E-state index contributed by atoms with van der Waals surface area (Å²) in [7, 11) is 1.97. The molecule has 106 valence electrons. The summed E-state index contributed by atoms with van der Waals surface area (Å²) in [5, 5.41) is 3.32. The standard InChI is InChI=1S/C14H28N2O2/c1-6-11(15-5)12-9-7-8-10-16(12)13(17)18-14(2,3)4/h11-12,15H,6-10H2,1-5H3/t11-,12+/m0/s1. The molecule has 1 amide bonds. The second-order valence-corrected chi connectivity index (χ2v) is 6.04. The molecule has 1 heterocycles. The fraction of sp³-hybridized carbons (Fsp3) is 0.929. The van der Waals surface area contributed by atoms with Crippen LogP contribution in [0.3, 0.4) is 0 Å². The third-order valence-electron chi connectivity index (χ3n) is 3.45. The summed E-state index contributed by atoms with van der Waals surface area (Å²) in [5.74, 6) is 0. The van der Waals surface area contributed by atoms with Crippen molar-refractivity contribution in [3.8, 4) is 0 Å². The minimum atomic E-state index is -0.416. The normalized spacial score (nSPS) is 22.7. The Labute approximate surface area is 111 Å². The van der Waals surface area contributed by atoms with Crippen LogP contribution in [0.5, 0.6) is 0 Å². The Hall–Kier alpha value is -0.770. The molecule has 0 saturated carbocycles. The highest BCUT2D eigenvalue weighted by Crippen LogP contribution is 2.23. The van der Waals surface area contributed by atoms with Crippen molar-refractivity contribution in [2.24, 2.45) is 0 Å². The molecular weight excluding hydrogens is 228 g/mol. The summed E-state index contributed by atoms with van der Waals surface area (Å²) in [4.78, 5) is 14.2. The average molecular weight is 256 g/mol. The molecule has 0 bridgehead atoms. The lowest BCUT2D eigenvalue weighted by Gasteiger charge is -2.40. The van der Waals surface area contributed by atoms with E-state index in [9.17, 15) is 4.79 Å². The van der Waals surface area contributed by atoms with Gasteiger partial charge in [-0.05, 0) is 53.5 Å². The van der Waals surface area contributed by atoms with Crippen molar-refractivity contribution < 1.29 is 9.53 Å². The average Bonchev–Trinajstić information content (AvgIpc) is 2.29. The van der Waals surface area contributed by atoms with Crippen molar-refractivity contribution in [3.63, 3.8) is 0 Å². The Bertz CT molecular complexity index is 269. The predicted octanol–water partition coefficient (Wildman–Crippen LogP) is 2.77. The molecule has 1 saturated heterocycles. The summed E-state index contributed by atoms with van der Waals surface area (Å²) in [5.41, 5.74) is -0.416. The Balaban J connectivity index is 2.72. The zero-order chi connectivity index (χ0) is 13.8. The van der Waals surface area contributed by atoms with E-state index in [0.29, 0.717) is 6.04 Å². The predicted molar refractivity (Wildman–Crippen MR) is 73.7 cm³/mol. The fourth-order valence-corrected chi connectivity index (χ4v) is 2.59. The molecule has 0 aromatic rings. The van der Waals surface area contributed by atoms with Gasteiger partial charge in [0.15, 0.2) is 0 Å². The van der Waals surface area contributed by atoms with Crippen LogP contribution in [0.1, 0.15) is 53.4 Å². The summed E-state index contributed by atoms with van der Waals surface area (Å²) in [6, 6.07) is 0.626. The Kier molecular flexibility index (Phi) is 5.45. The van der Waals surface area contributed by atoms with E-state index in [1.54, 1.807) is 0 Å². The lowest BCUT2D eigenvalue weighted by molar-refractivity contribution is 0.00492. The molecule has 1 N–H and O–H groups in total. The van der Waals surface area contributed by atoms with Crippen molar-refractivity contribution in [1.29, 1.82) is 0 Å². The van der Waals surface area contributed by atoms with Gasteiger partial charge in [-0.1, -0.05) is 6.92 Å². The number of nitrogens with one attached hydrogen (secondary N) is 1. The van der Waals surface area contributed by atoms with Gasteiger partial charge >= 0.3 is 6.09 Å². The van der Waals surface area contributed by atoms with Crippen LogP contribution in [-0.2, 0) is 4.74 Å². The van der Waals surface area contributed by atoms with Crippen molar-refractivity contribution in [3.05, 3.63) is 0 Å². The van der Waals surface area contributed by atoms with Gasteiger partial charge < -0.3 is 15.0 Å². The number of carbonyl (C=O) groups is 1. The molecule has 18 heavy (non-hydrogen) atoms. The maximum Gasteiger partial charge on any atom is 0.410 e. The highest BCUT2D eigenvalue weighted by atomic mass is 16.6. The number of hydrogen-bond donors (Lipinski definition) is 1. The molecule has 0 aliphatic carbocycles. The van der Waals surface area contributed by atoms with Crippen molar-refractivity contribution in [1.82, 2.24) is 10.2 Å². The first-order valence-electron chi connectivity index (χ1n) is 7.06. The second-order valence-electron chi connectivity index (χ2n) is 6.04. The number of hydrogen-bond acceptors (Lipinski definition) is 3. The number of carbonyl (C=O) groups excluding carboxylic acids is 1. The first kappa shape index (κ1) is 15.3. The first-order valence-corrected chi connectivity index (χ1v) is 7.06. The summed E-state index contributed by atoms with van der Waals surface area (Å²) in [6.07, 6.45) is 4.21. The number of rotatable bonds is 3. The zero-order valence-corrected chi connectivity index (χ0v) is 12.5. The van der Waals surface area contributed by atoms with Gasteiger partial charge in [-0.3, -0.25) is 0 Å². The molecular formula is C14H28N2O2. The second kappa shape index (κ2) is 6.41. The van der Waals surface area contributed by atoms with E-state index in [1.807, 2.05) is 32.7 Å². The number of piperidine rings is 1. The molecule has 1 rings (SSSR count). The van der Waals surface area contributed by atoms with Crippen molar-refractivity contribution in [2.45, 2.75) is 71.1 Å². The summed E-state index contributed by atoms with van der Waals surface area (Å²) < 4.78 is 5.51. The van der Waals surface area contributed by atoms with E-state index < -0.39 is 5.60 Å².